The number of amides is 1. The number of hydrogen-bond acceptors (Lipinski definition) is 3. The van der Waals surface area contributed by atoms with Crippen molar-refractivity contribution in [3.8, 4) is 0 Å². The largest absolute Gasteiger partial charge is 0.366 e. The van der Waals surface area contributed by atoms with Gasteiger partial charge in [0.15, 0.2) is 0 Å². The molecule has 1 heterocycles. The van der Waals surface area contributed by atoms with E-state index in [0.29, 0.717) is 16.1 Å². The zero-order valence-corrected chi connectivity index (χ0v) is 10.4. The Labute approximate surface area is 108 Å². The SMILES string of the molecule is Cn1cnn(Cc2ccc(C(N)=O)cc2Cl)c1=O. The van der Waals surface area contributed by atoms with Crippen molar-refractivity contribution < 1.29 is 4.79 Å². The van der Waals surface area contributed by atoms with E-state index in [4.69, 9.17) is 17.3 Å². The Hall–Kier alpha value is -2.08. The van der Waals surface area contributed by atoms with Gasteiger partial charge < -0.3 is 5.73 Å². The van der Waals surface area contributed by atoms with Gasteiger partial charge in [-0.1, -0.05) is 17.7 Å². The molecule has 2 aromatic rings. The van der Waals surface area contributed by atoms with Crippen LogP contribution in [-0.2, 0) is 13.6 Å². The summed E-state index contributed by atoms with van der Waals surface area (Å²) in [5.74, 6) is -0.543. The Kier molecular flexibility index (Phi) is 3.20. The maximum absolute atomic E-state index is 11.6. The van der Waals surface area contributed by atoms with Crippen molar-refractivity contribution in [3.63, 3.8) is 0 Å². The van der Waals surface area contributed by atoms with Crippen molar-refractivity contribution >= 4 is 17.5 Å². The van der Waals surface area contributed by atoms with E-state index in [1.165, 1.54) is 21.6 Å². The van der Waals surface area contributed by atoms with Crippen LogP contribution in [0.3, 0.4) is 0 Å². The molecule has 0 unspecified atom stereocenters. The molecular formula is C11H11ClN4O2. The fourth-order valence-electron chi connectivity index (χ4n) is 1.52. The molecule has 7 heteroatoms. The van der Waals surface area contributed by atoms with Crippen LogP contribution in [0, 0.1) is 0 Å². The summed E-state index contributed by atoms with van der Waals surface area (Å²) in [7, 11) is 1.61. The summed E-state index contributed by atoms with van der Waals surface area (Å²) < 4.78 is 2.65. The number of benzene rings is 1. The average molecular weight is 267 g/mol. The monoisotopic (exact) mass is 266 g/mol. The minimum absolute atomic E-state index is 0.231. The first-order valence-corrected chi connectivity index (χ1v) is 5.53. The van der Waals surface area contributed by atoms with Gasteiger partial charge in [-0.05, 0) is 17.7 Å². The molecule has 2 N–H and O–H groups in total. The number of hydrogen-bond donors (Lipinski definition) is 1. The van der Waals surface area contributed by atoms with Crippen LogP contribution in [0.25, 0.3) is 0 Å². The van der Waals surface area contributed by atoms with E-state index >= 15 is 0 Å². The lowest BCUT2D eigenvalue weighted by molar-refractivity contribution is 0.100. The lowest BCUT2D eigenvalue weighted by atomic mass is 10.1. The van der Waals surface area contributed by atoms with Crippen molar-refractivity contribution in [2.24, 2.45) is 12.8 Å². The first-order chi connectivity index (χ1) is 8.49. The first-order valence-electron chi connectivity index (χ1n) is 5.15. The van der Waals surface area contributed by atoms with Gasteiger partial charge in [0.2, 0.25) is 5.91 Å². The van der Waals surface area contributed by atoms with Crippen LogP contribution in [0.4, 0.5) is 0 Å². The number of primary amides is 1. The molecule has 0 aliphatic carbocycles. The minimum Gasteiger partial charge on any atom is -0.366 e. The van der Waals surface area contributed by atoms with Crippen LogP contribution in [0.15, 0.2) is 29.3 Å². The second kappa shape index (κ2) is 4.66. The van der Waals surface area contributed by atoms with Gasteiger partial charge in [0.05, 0.1) is 6.54 Å². The van der Waals surface area contributed by atoms with E-state index in [1.807, 2.05) is 0 Å². The molecule has 0 fully saturated rings. The van der Waals surface area contributed by atoms with Gasteiger partial charge in [0.25, 0.3) is 0 Å². The van der Waals surface area contributed by atoms with E-state index in [-0.39, 0.29) is 12.2 Å². The smallest absolute Gasteiger partial charge is 0.345 e. The van der Waals surface area contributed by atoms with Gasteiger partial charge in [0, 0.05) is 17.6 Å². The number of aromatic nitrogens is 3. The lowest BCUT2D eigenvalue weighted by Gasteiger charge is -2.05. The number of halogens is 1. The minimum atomic E-state index is -0.543. The fraction of sp³-hybridized carbons (Fsp3) is 0.182. The Bertz CT molecular complexity index is 659. The third-order valence-electron chi connectivity index (χ3n) is 2.54. The second-order valence-electron chi connectivity index (χ2n) is 3.85. The quantitative estimate of drug-likeness (QED) is 0.872. The molecule has 0 saturated heterocycles. The van der Waals surface area contributed by atoms with Crippen LogP contribution >= 0.6 is 11.6 Å². The number of carbonyl (C=O) groups is 1. The number of nitrogens with two attached hydrogens (primary N) is 1. The number of carbonyl (C=O) groups excluding carboxylic acids is 1. The molecule has 2 rings (SSSR count). The molecule has 94 valence electrons. The van der Waals surface area contributed by atoms with Gasteiger partial charge in [0.1, 0.15) is 6.33 Å². The summed E-state index contributed by atoms with van der Waals surface area (Å²) in [6.45, 7) is 0.248. The molecule has 0 atom stereocenters. The first kappa shape index (κ1) is 12.4. The van der Waals surface area contributed by atoms with Crippen molar-refractivity contribution in [3.05, 3.63) is 51.2 Å². The van der Waals surface area contributed by atoms with Crippen molar-refractivity contribution in [1.82, 2.24) is 14.3 Å². The number of rotatable bonds is 3. The Balaban J connectivity index is 2.33. The van der Waals surface area contributed by atoms with Crippen LogP contribution in [-0.4, -0.2) is 20.3 Å². The molecule has 0 spiro atoms. The predicted molar refractivity (Wildman–Crippen MR) is 66.5 cm³/mol. The molecule has 1 aromatic carbocycles. The van der Waals surface area contributed by atoms with Crippen molar-refractivity contribution in [2.75, 3.05) is 0 Å². The highest BCUT2D eigenvalue weighted by atomic mass is 35.5. The van der Waals surface area contributed by atoms with Crippen LogP contribution in [0.5, 0.6) is 0 Å². The maximum Gasteiger partial charge on any atom is 0.345 e. The number of nitrogens with zero attached hydrogens (tertiary/aromatic N) is 3. The average Bonchev–Trinajstić information content (AvgIpc) is 2.63. The van der Waals surface area contributed by atoms with E-state index in [9.17, 15) is 9.59 Å². The second-order valence-corrected chi connectivity index (χ2v) is 4.26. The van der Waals surface area contributed by atoms with E-state index in [2.05, 4.69) is 5.10 Å². The summed E-state index contributed by atoms with van der Waals surface area (Å²) >= 11 is 6.02. The summed E-state index contributed by atoms with van der Waals surface area (Å²) in [6, 6.07) is 4.70. The zero-order chi connectivity index (χ0) is 13.3. The highest BCUT2D eigenvalue weighted by Crippen LogP contribution is 2.18. The summed E-state index contributed by atoms with van der Waals surface area (Å²) in [5.41, 5.74) is 5.94. The molecule has 0 aliphatic rings. The van der Waals surface area contributed by atoms with Crippen molar-refractivity contribution in [1.29, 1.82) is 0 Å². The molecular weight excluding hydrogens is 256 g/mol. The van der Waals surface area contributed by atoms with E-state index in [1.54, 1.807) is 19.2 Å². The van der Waals surface area contributed by atoms with Crippen LogP contribution in [0.2, 0.25) is 5.02 Å². The van der Waals surface area contributed by atoms with Gasteiger partial charge in [-0.25, -0.2) is 9.48 Å². The zero-order valence-electron chi connectivity index (χ0n) is 9.63. The standard InChI is InChI=1S/C11H11ClN4O2/c1-15-6-14-16(11(15)18)5-8-3-2-7(10(13)17)4-9(8)12/h2-4,6H,5H2,1H3,(H2,13,17). The highest BCUT2D eigenvalue weighted by molar-refractivity contribution is 6.31. The van der Waals surface area contributed by atoms with Gasteiger partial charge in [-0.2, -0.15) is 5.10 Å². The summed E-state index contributed by atoms with van der Waals surface area (Å²) in [6.07, 6.45) is 1.42. The summed E-state index contributed by atoms with van der Waals surface area (Å²) in [5, 5.41) is 4.30. The molecule has 18 heavy (non-hydrogen) atoms. The van der Waals surface area contributed by atoms with Crippen molar-refractivity contribution in [2.45, 2.75) is 6.54 Å². The molecule has 0 radical (unpaired) electrons. The van der Waals surface area contributed by atoms with Crippen LogP contribution < -0.4 is 11.4 Å². The third-order valence-corrected chi connectivity index (χ3v) is 2.90. The van der Waals surface area contributed by atoms with E-state index in [0.717, 1.165) is 0 Å². The maximum atomic E-state index is 11.6. The van der Waals surface area contributed by atoms with E-state index < -0.39 is 5.91 Å². The number of aryl methyl sites for hydroxylation is 1. The third kappa shape index (κ3) is 2.28. The lowest BCUT2D eigenvalue weighted by Crippen LogP contribution is -2.23. The molecule has 1 aromatic heterocycles. The van der Waals surface area contributed by atoms with Gasteiger partial charge in [-0.3, -0.25) is 9.36 Å². The van der Waals surface area contributed by atoms with Gasteiger partial charge in [-0.15, -0.1) is 0 Å². The molecule has 1 amide bonds. The normalized spacial score (nSPS) is 10.6. The van der Waals surface area contributed by atoms with Gasteiger partial charge >= 0.3 is 5.69 Å². The predicted octanol–water partition coefficient (Wildman–Crippen LogP) is 0.382. The molecule has 6 nitrogen and oxygen atoms in total. The Morgan fingerprint density at radius 1 is 1.50 bits per heavy atom. The Morgan fingerprint density at radius 2 is 2.22 bits per heavy atom. The molecule has 0 saturated carbocycles. The Morgan fingerprint density at radius 3 is 2.72 bits per heavy atom. The molecule has 0 bridgehead atoms. The topological polar surface area (TPSA) is 82.9 Å². The highest BCUT2D eigenvalue weighted by Gasteiger charge is 2.08. The van der Waals surface area contributed by atoms with Crippen LogP contribution in [0.1, 0.15) is 15.9 Å². The fourth-order valence-corrected chi connectivity index (χ4v) is 1.76. The molecule has 0 aliphatic heterocycles. The summed E-state index contributed by atoms with van der Waals surface area (Å²) in [4.78, 5) is 22.6.